The molecule has 1 aliphatic heterocycles. The van der Waals surface area contributed by atoms with Gasteiger partial charge in [0.25, 0.3) is 0 Å². The second-order valence-electron chi connectivity index (χ2n) is 6.86. The van der Waals surface area contributed by atoms with Crippen molar-refractivity contribution in [1.29, 1.82) is 0 Å². The number of halogens is 1. The van der Waals surface area contributed by atoms with Gasteiger partial charge in [-0.25, -0.2) is 4.79 Å². The van der Waals surface area contributed by atoms with Crippen molar-refractivity contribution in [3.63, 3.8) is 0 Å². The molecule has 29 heavy (non-hydrogen) atoms. The molecule has 4 N–H and O–H groups in total. The van der Waals surface area contributed by atoms with Gasteiger partial charge in [0, 0.05) is 48.4 Å². The average molecular weight is 435 g/mol. The maximum Gasteiger partial charge on any atom is 0.323 e. The zero-order chi connectivity index (χ0) is 19.8. The number of carbonyl (C=O) groups excluding carboxylic acids is 2. The molecule has 0 spiro atoms. The Morgan fingerprint density at radius 3 is 2.52 bits per heavy atom. The van der Waals surface area contributed by atoms with Gasteiger partial charge < -0.3 is 21.3 Å². The third-order valence-electron chi connectivity index (χ3n) is 4.38. The number of thioether (sulfide) groups is 1. The molecule has 0 aromatic heterocycles. The van der Waals surface area contributed by atoms with Gasteiger partial charge in [-0.1, -0.05) is 24.3 Å². The van der Waals surface area contributed by atoms with Crippen LogP contribution in [0.5, 0.6) is 0 Å². The van der Waals surface area contributed by atoms with Gasteiger partial charge in [-0.15, -0.1) is 12.4 Å². The van der Waals surface area contributed by atoms with Gasteiger partial charge in [0.05, 0.1) is 0 Å². The summed E-state index contributed by atoms with van der Waals surface area (Å²) in [6.07, 6.45) is 0.490. The molecule has 1 atom stereocenters. The molecule has 1 heterocycles. The zero-order valence-corrected chi connectivity index (χ0v) is 18.0. The maximum atomic E-state index is 12.2. The highest BCUT2D eigenvalue weighted by Crippen LogP contribution is 2.14. The molecule has 0 saturated carbocycles. The lowest BCUT2D eigenvalue weighted by Crippen LogP contribution is -2.41. The lowest BCUT2D eigenvalue weighted by molar-refractivity contribution is -0.121. The molecule has 3 rings (SSSR count). The molecule has 2 aromatic rings. The first-order valence-corrected chi connectivity index (χ1v) is 10.6. The van der Waals surface area contributed by atoms with Gasteiger partial charge in [0.2, 0.25) is 5.91 Å². The van der Waals surface area contributed by atoms with E-state index in [-0.39, 0.29) is 30.4 Å². The fraction of sp³-hybridized carbons (Fsp3) is 0.333. The summed E-state index contributed by atoms with van der Waals surface area (Å²) in [6.45, 7) is 3.37. The molecule has 0 aliphatic carbocycles. The molecular weight excluding hydrogens is 408 g/mol. The Hall–Kier alpha value is -2.22. The van der Waals surface area contributed by atoms with Crippen LogP contribution in [0.25, 0.3) is 0 Å². The van der Waals surface area contributed by atoms with Gasteiger partial charge in [0.15, 0.2) is 0 Å². The first-order chi connectivity index (χ1) is 13.6. The monoisotopic (exact) mass is 434 g/mol. The van der Waals surface area contributed by atoms with Crippen LogP contribution >= 0.6 is 24.2 Å². The standard InChI is InChI=1S/C21H26N4O2S.ClH/c1-15-4-2-6-17(10-15)24-21(27)25-18-7-3-5-16(11-18)13-23-20(26)12-19-14-28-9-8-22-19;/h2-7,10-11,19,22H,8-9,12-14H2,1H3,(H,23,26)(H2,24,25,27);1H. The van der Waals surface area contributed by atoms with E-state index in [9.17, 15) is 9.59 Å². The maximum absolute atomic E-state index is 12.2. The van der Waals surface area contributed by atoms with Gasteiger partial charge in [-0.2, -0.15) is 11.8 Å². The molecule has 8 heteroatoms. The van der Waals surface area contributed by atoms with Crippen LogP contribution in [0.4, 0.5) is 16.2 Å². The van der Waals surface area contributed by atoms with Crippen LogP contribution < -0.4 is 21.3 Å². The Labute approximate surface area is 182 Å². The van der Waals surface area contributed by atoms with E-state index in [1.54, 1.807) is 0 Å². The van der Waals surface area contributed by atoms with Gasteiger partial charge >= 0.3 is 6.03 Å². The Bertz CT molecular complexity index is 828. The SMILES string of the molecule is Cc1cccc(NC(=O)Nc2cccc(CNC(=O)CC3CSCCN3)c2)c1.Cl. The van der Waals surface area contributed by atoms with Crippen LogP contribution in [0.2, 0.25) is 0 Å². The Morgan fingerprint density at radius 1 is 1.10 bits per heavy atom. The summed E-state index contributed by atoms with van der Waals surface area (Å²) in [6, 6.07) is 15.1. The summed E-state index contributed by atoms with van der Waals surface area (Å²) in [7, 11) is 0. The highest BCUT2D eigenvalue weighted by atomic mass is 35.5. The number of carbonyl (C=O) groups is 2. The number of benzene rings is 2. The number of amides is 3. The van der Waals surface area contributed by atoms with E-state index in [1.807, 2.05) is 67.2 Å². The average Bonchev–Trinajstić information content (AvgIpc) is 2.67. The van der Waals surface area contributed by atoms with Crippen molar-refractivity contribution in [2.75, 3.05) is 28.7 Å². The van der Waals surface area contributed by atoms with E-state index in [4.69, 9.17) is 0 Å². The number of aryl methyl sites for hydroxylation is 1. The lowest BCUT2D eigenvalue weighted by Gasteiger charge is -2.22. The Morgan fingerprint density at radius 2 is 1.83 bits per heavy atom. The summed E-state index contributed by atoms with van der Waals surface area (Å²) >= 11 is 1.88. The molecule has 1 fully saturated rings. The van der Waals surface area contributed by atoms with E-state index >= 15 is 0 Å². The first kappa shape index (κ1) is 23.1. The van der Waals surface area contributed by atoms with Crippen LogP contribution in [0.1, 0.15) is 17.5 Å². The molecule has 1 saturated heterocycles. The predicted molar refractivity (Wildman–Crippen MR) is 123 cm³/mol. The summed E-state index contributed by atoms with van der Waals surface area (Å²) in [4.78, 5) is 24.3. The minimum absolute atomic E-state index is 0. The Kier molecular flexibility index (Phi) is 9.31. The number of anilines is 2. The molecule has 156 valence electrons. The highest BCUT2D eigenvalue weighted by molar-refractivity contribution is 7.99. The zero-order valence-electron chi connectivity index (χ0n) is 16.4. The minimum Gasteiger partial charge on any atom is -0.352 e. The van der Waals surface area contributed by atoms with Crippen LogP contribution in [-0.4, -0.2) is 36.0 Å². The third-order valence-corrected chi connectivity index (χ3v) is 5.51. The van der Waals surface area contributed by atoms with Crippen molar-refractivity contribution >= 4 is 47.5 Å². The predicted octanol–water partition coefficient (Wildman–Crippen LogP) is 3.77. The summed E-state index contributed by atoms with van der Waals surface area (Å²) in [5, 5.41) is 12.0. The van der Waals surface area contributed by atoms with Crippen molar-refractivity contribution in [2.45, 2.75) is 25.9 Å². The molecule has 0 radical (unpaired) electrons. The van der Waals surface area contributed by atoms with Crippen LogP contribution in [-0.2, 0) is 11.3 Å². The second-order valence-corrected chi connectivity index (χ2v) is 8.01. The molecule has 1 aliphatic rings. The van der Waals surface area contributed by atoms with E-state index < -0.39 is 0 Å². The van der Waals surface area contributed by atoms with Crippen LogP contribution in [0.3, 0.4) is 0 Å². The normalized spacial score (nSPS) is 15.7. The molecule has 3 amide bonds. The third kappa shape index (κ3) is 7.97. The molecule has 0 bridgehead atoms. The number of hydrogen-bond donors (Lipinski definition) is 4. The Balaban J connectivity index is 0.00000300. The second kappa shape index (κ2) is 11.7. The summed E-state index contributed by atoms with van der Waals surface area (Å²) in [5.74, 6) is 2.12. The fourth-order valence-electron chi connectivity index (χ4n) is 3.02. The van der Waals surface area contributed by atoms with E-state index in [2.05, 4.69) is 21.3 Å². The number of rotatable bonds is 6. The van der Waals surface area contributed by atoms with Crippen molar-refractivity contribution in [3.05, 3.63) is 59.7 Å². The van der Waals surface area contributed by atoms with Crippen molar-refractivity contribution in [2.24, 2.45) is 0 Å². The highest BCUT2D eigenvalue weighted by Gasteiger charge is 2.16. The lowest BCUT2D eigenvalue weighted by atomic mass is 10.2. The molecule has 6 nitrogen and oxygen atoms in total. The van der Waals surface area contributed by atoms with Crippen molar-refractivity contribution in [1.82, 2.24) is 10.6 Å². The van der Waals surface area contributed by atoms with E-state index in [0.29, 0.717) is 18.7 Å². The van der Waals surface area contributed by atoms with Crippen LogP contribution in [0.15, 0.2) is 48.5 Å². The summed E-state index contributed by atoms with van der Waals surface area (Å²) in [5.41, 5.74) is 3.45. The van der Waals surface area contributed by atoms with Crippen molar-refractivity contribution < 1.29 is 9.59 Å². The summed E-state index contributed by atoms with van der Waals surface area (Å²) < 4.78 is 0. The van der Waals surface area contributed by atoms with Gasteiger partial charge in [0.1, 0.15) is 0 Å². The van der Waals surface area contributed by atoms with Gasteiger partial charge in [-0.3, -0.25) is 4.79 Å². The largest absolute Gasteiger partial charge is 0.352 e. The topological polar surface area (TPSA) is 82.3 Å². The number of nitrogens with one attached hydrogen (secondary N) is 4. The molecule has 2 aromatic carbocycles. The quantitative estimate of drug-likeness (QED) is 0.557. The smallest absolute Gasteiger partial charge is 0.323 e. The number of urea groups is 1. The number of hydrogen-bond acceptors (Lipinski definition) is 4. The molecule has 1 unspecified atom stereocenters. The van der Waals surface area contributed by atoms with Crippen LogP contribution in [0, 0.1) is 6.92 Å². The fourth-order valence-corrected chi connectivity index (χ4v) is 3.97. The van der Waals surface area contributed by atoms with Crippen molar-refractivity contribution in [3.8, 4) is 0 Å². The first-order valence-electron chi connectivity index (χ1n) is 9.40. The van der Waals surface area contributed by atoms with E-state index in [1.165, 1.54) is 0 Å². The van der Waals surface area contributed by atoms with Gasteiger partial charge in [-0.05, 0) is 42.3 Å². The van der Waals surface area contributed by atoms with E-state index in [0.717, 1.165) is 34.9 Å². The minimum atomic E-state index is -0.298. The molecular formula is C21H27ClN4O2S.